The summed E-state index contributed by atoms with van der Waals surface area (Å²) >= 11 is 1.86. The van der Waals surface area contributed by atoms with Crippen molar-refractivity contribution in [2.24, 2.45) is 0 Å². The number of nitrogens with zero attached hydrogens (tertiary/aromatic N) is 5. The number of para-hydroxylation sites is 1. The summed E-state index contributed by atoms with van der Waals surface area (Å²) in [7, 11) is 0. The highest BCUT2D eigenvalue weighted by atomic mass is 32.2. The van der Waals surface area contributed by atoms with E-state index < -0.39 is 5.41 Å². The van der Waals surface area contributed by atoms with Crippen molar-refractivity contribution in [1.82, 2.24) is 19.5 Å². The van der Waals surface area contributed by atoms with Gasteiger partial charge < -0.3 is 4.57 Å². The zero-order chi connectivity index (χ0) is 39.1. The van der Waals surface area contributed by atoms with Crippen LogP contribution in [0.25, 0.3) is 72.8 Å². The van der Waals surface area contributed by atoms with Gasteiger partial charge in [0, 0.05) is 37.3 Å². The van der Waals surface area contributed by atoms with E-state index in [-0.39, 0.29) is 0 Å². The predicted octanol–water partition coefficient (Wildman–Crippen LogP) is 12.7. The number of rotatable bonds is 4. The van der Waals surface area contributed by atoms with Gasteiger partial charge >= 0.3 is 0 Å². The van der Waals surface area contributed by atoms with E-state index in [9.17, 15) is 5.26 Å². The first-order chi connectivity index (χ1) is 29.2. The van der Waals surface area contributed by atoms with Crippen LogP contribution in [0.1, 0.15) is 27.8 Å². The predicted molar refractivity (Wildman–Crippen MR) is 237 cm³/mol. The van der Waals surface area contributed by atoms with Crippen molar-refractivity contribution < 1.29 is 0 Å². The Hall–Kier alpha value is -7.59. The van der Waals surface area contributed by atoms with Crippen LogP contribution in [0.4, 0.5) is 0 Å². The molecule has 5 nitrogen and oxygen atoms in total. The Morgan fingerprint density at radius 3 is 1.69 bits per heavy atom. The highest BCUT2D eigenvalue weighted by Crippen LogP contribution is 2.63. The van der Waals surface area contributed by atoms with Gasteiger partial charge in [-0.15, -0.1) is 0 Å². The van der Waals surface area contributed by atoms with Gasteiger partial charge in [0.05, 0.1) is 27.7 Å². The summed E-state index contributed by atoms with van der Waals surface area (Å²) in [6, 6.07) is 68.4. The Labute approximate surface area is 345 Å². The molecule has 59 heavy (non-hydrogen) atoms. The van der Waals surface area contributed by atoms with Gasteiger partial charge in [0.1, 0.15) is 6.07 Å². The van der Waals surface area contributed by atoms with E-state index >= 15 is 0 Å². The lowest BCUT2D eigenvalue weighted by molar-refractivity contribution is 0.723. The van der Waals surface area contributed by atoms with Crippen molar-refractivity contribution in [3.8, 4) is 57.0 Å². The molecular weight excluding hydrogens is 739 g/mol. The maximum Gasteiger partial charge on any atom is 0.164 e. The van der Waals surface area contributed by atoms with E-state index in [0.717, 1.165) is 38.8 Å². The largest absolute Gasteiger partial charge is 0.308 e. The minimum absolute atomic E-state index is 0.483. The van der Waals surface area contributed by atoms with Crippen molar-refractivity contribution in [1.29, 1.82) is 5.26 Å². The van der Waals surface area contributed by atoms with Gasteiger partial charge in [0.15, 0.2) is 17.5 Å². The molecule has 10 aromatic rings. The van der Waals surface area contributed by atoms with Crippen LogP contribution in [0.3, 0.4) is 0 Å². The average molecular weight is 770 g/mol. The standard InChI is InChI=1S/C53H31N5S/c54-32-36-31-35(52-56-50(33-15-3-1-4-16-33)55-51(57-52)34-17-5-2-6-18-34)27-29-43(36)58-44-24-12-8-20-38(44)49-45(58)30-28-42-48(49)37-19-7-9-21-39(37)53(42)40-22-10-13-25-46(40)59-47-26-14-11-23-41(47)53/h1-31H. The zero-order valence-corrected chi connectivity index (χ0v) is 32.4. The normalized spacial score (nSPS) is 13.1. The molecule has 6 heteroatoms. The molecule has 3 heterocycles. The summed E-state index contributed by atoms with van der Waals surface area (Å²) in [5.41, 5.74) is 13.1. The molecule has 0 saturated heterocycles. The third-order valence-corrected chi connectivity index (χ3v) is 13.1. The molecule has 1 aliphatic carbocycles. The number of aromatic nitrogens is 4. The summed E-state index contributed by atoms with van der Waals surface area (Å²) in [6.45, 7) is 0. The molecule has 1 aliphatic heterocycles. The molecule has 0 amide bonds. The quantitative estimate of drug-likeness (QED) is 0.178. The van der Waals surface area contributed by atoms with E-state index in [0.29, 0.717) is 23.0 Å². The van der Waals surface area contributed by atoms with E-state index in [4.69, 9.17) is 15.0 Å². The van der Waals surface area contributed by atoms with E-state index in [1.165, 1.54) is 48.6 Å². The number of hydrogen-bond donors (Lipinski definition) is 0. The van der Waals surface area contributed by atoms with Crippen LogP contribution < -0.4 is 0 Å². The first-order valence-corrected chi connectivity index (χ1v) is 20.5. The molecule has 0 unspecified atom stereocenters. The summed E-state index contributed by atoms with van der Waals surface area (Å²) < 4.78 is 2.26. The molecule has 1 spiro atoms. The van der Waals surface area contributed by atoms with Gasteiger partial charge in [-0.3, -0.25) is 0 Å². The summed E-state index contributed by atoms with van der Waals surface area (Å²) in [5, 5.41) is 13.2. The van der Waals surface area contributed by atoms with Gasteiger partial charge in [-0.2, -0.15) is 5.26 Å². The third-order valence-electron chi connectivity index (χ3n) is 12.0. The van der Waals surface area contributed by atoms with Crippen LogP contribution in [0, 0.1) is 11.3 Å². The molecule has 0 fully saturated rings. The smallest absolute Gasteiger partial charge is 0.164 e. The maximum absolute atomic E-state index is 10.9. The van der Waals surface area contributed by atoms with Crippen molar-refractivity contribution in [3.63, 3.8) is 0 Å². The number of fused-ring (bicyclic) bond motifs is 13. The topological polar surface area (TPSA) is 67.4 Å². The fourth-order valence-corrected chi connectivity index (χ4v) is 10.7. The molecule has 0 radical (unpaired) electrons. The molecule has 2 aromatic heterocycles. The Kier molecular flexibility index (Phi) is 7.37. The Balaban J connectivity index is 1.10. The Morgan fingerprint density at radius 1 is 0.475 bits per heavy atom. The first-order valence-electron chi connectivity index (χ1n) is 19.7. The van der Waals surface area contributed by atoms with Gasteiger partial charge in [0.2, 0.25) is 0 Å². The van der Waals surface area contributed by atoms with E-state index in [1.54, 1.807) is 0 Å². The van der Waals surface area contributed by atoms with Crippen molar-refractivity contribution in [2.75, 3.05) is 0 Å². The SMILES string of the molecule is N#Cc1cc(-c2nc(-c3ccccc3)nc(-c3ccccc3)n2)ccc1-n1c2ccccc2c2c3c(ccc21)C1(c2ccccc2Sc2ccccc21)c1ccccc1-3. The van der Waals surface area contributed by atoms with Crippen molar-refractivity contribution >= 4 is 33.6 Å². The zero-order valence-electron chi connectivity index (χ0n) is 31.5. The highest BCUT2D eigenvalue weighted by molar-refractivity contribution is 7.99. The van der Waals surface area contributed by atoms with Crippen LogP contribution in [0.2, 0.25) is 0 Å². The van der Waals surface area contributed by atoms with Crippen LogP contribution >= 0.6 is 11.8 Å². The van der Waals surface area contributed by atoms with Gasteiger partial charge in [0.25, 0.3) is 0 Å². The van der Waals surface area contributed by atoms with Crippen LogP contribution in [-0.4, -0.2) is 19.5 Å². The molecule has 0 atom stereocenters. The molecule has 12 rings (SSSR count). The molecule has 8 aromatic carbocycles. The third kappa shape index (κ3) is 4.83. The molecular formula is C53H31N5S. The molecule has 274 valence electrons. The second-order valence-electron chi connectivity index (χ2n) is 15.0. The second-order valence-corrected chi connectivity index (χ2v) is 16.1. The Bertz CT molecular complexity index is 3280. The van der Waals surface area contributed by atoms with E-state index in [1.807, 2.05) is 90.6 Å². The fraction of sp³-hybridized carbons (Fsp3) is 0.0189. The molecule has 0 N–H and O–H groups in total. The minimum atomic E-state index is -0.483. The number of hydrogen-bond acceptors (Lipinski definition) is 5. The monoisotopic (exact) mass is 769 g/mol. The fourth-order valence-electron chi connectivity index (χ4n) is 9.56. The van der Waals surface area contributed by atoms with Gasteiger partial charge in [-0.05, 0) is 75.8 Å². The summed E-state index contributed by atoms with van der Waals surface area (Å²) in [4.78, 5) is 17.4. The van der Waals surface area contributed by atoms with Crippen molar-refractivity contribution in [2.45, 2.75) is 15.2 Å². The molecule has 2 aliphatic rings. The van der Waals surface area contributed by atoms with E-state index in [2.05, 4.69) is 120 Å². The lowest BCUT2D eigenvalue weighted by Gasteiger charge is -2.39. The average Bonchev–Trinajstić information content (AvgIpc) is 3.80. The summed E-state index contributed by atoms with van der Waals surface area (Å²) in [5.74, 6) is 1.66. The van der Waals surface area contributed by atoms with Gasteiger partial charge in [-0.25, -0.2) is 15.0 Å². The molecule has 0 saturated carbocycles. The van der Waals surface area contributed by atoms with Gasteiger partial charge in [-0.1, -0.05) is 157 Å². The number of benzene rings is 8. The second kappa shape index (κ2) is 13.0. The number of nitriles is 1. The first kappa shape index (κ1) is 33.5. The minimum Gasteiger partial charge on any atom is -0.308 e. The lowest BCUT2D eigenvalue weighted by Crippen LogP contribution is -2.31. The van der Waals surface area contributed by atoms with Crippen LogP contribution in [0.15, 0.2) is 198 Å². The summed E-state index contributed by atoms with van der Waals surface area (Å²) in [6.07, 6.45) is 0. The van der Waals surface area contributed by atoms with Crippen LogP contribution in [0.5, 0.6) is 0 Å². The maximum atomic E-state index is 10.9. The van der Waals surface area contributed by atoms with Crippen molar-refractivity contribution in [3.05, 3.63) is 216 Å². The lowest BCUT2D eigenvalue weighted by atomic mass is 9.67. The van der Waals surface area contributed by atoms with Crippen LogP contribution in [-0.2, 0) is 5.41 Å². The molecule has 0 bridgehead atoms. The highest BCUT2D eigenvalue weighted by Gasteiger charge is 2.50. The Morgan fingerprint density at radius 2 is 1.03 bits per heavy atom.